The summed E-state index contributed by atoms with van der Waals surface area (Å²) < 4.78 is 5.63. The summed E-state index contributed by atoms with van der Waals surface area (Å²) in [5, 5.41) is 0. The normalized spacial score (nSPS) is 10.7. The summed E-state index contributed by atoms with van der Waals surface area (Å²) in [5.74, 6) is 1.40. The molecule has 3 heteroatoms. The maximum Gasteiger partial charge on any atom is 0.129 e. The number of ketones is 1. The number of ether oxygens (including phenoxy) is 1. The van der Waals surface area contributed by atoms with Crippen LogP contribution in [-0.2, 0) is 16.0 Å². The molecule has 0 amide bonds. The molecule has 112 valence electrons. The van der Waals surface area contributed by atoms with Gasteiger partial charge in [-0.05, 0) is 49.6 Å². The van der Waals surface area contributed by atoms with Gasteiger partial charge in [0, 0.05) is 17.9 Å². The van der Waals surface area contributed by atoms with E-state index >= 15 is 0 Å². The Morgan fingerprint density at radius 2 is 1.85 bits per heavy atom. The minimum atomic E-state index is 0.288. The van der Waals surface area contributed by atoms with Gasteiger partial charge >= 0.3 is 0 Å². The third-order valence-electron chi connectivity index (χ3n) is 3.09. The van der Waals surface area contributed by atoms with Crippen molar-refractivity contribution in [2.24, 2.45) is 0 Å². The van der Waals surface area contributed by atoms with Crippen LogP contribution in [0, 0.1) is 0 Å². The van der Waals surface area contributed by atoms with Gasteiger partial charge < -0.3 is 9.53 Å². The maximum atomic E-state index is 10.8. The van der Waals surface area contributed by atoms with Crippen molar-refractivity contribution in [1.82, 2.24) is 0 Å². The molecule has 0 N–H and O–H groups in total. The number of carbonyl (C=O) groups is 1. The number of unbranched alkanes of at least 4 members (excludes halogenated alkanes) is 2. The zero-order valence-corrected chi connectivity index (χ0v) is 13.5. The number of benzene rings is 1. The Morgan fingerprint density at radius 3 is 2.50 bits per heavy atom. The lowest BCUT2D eigenvalue weighted by Crippen LogP contribution is -2.00. The van der Waals surface area contributed by atoms with Gasteiger partial charge in [-0.15, -0.1) is 11.8 Å². The van der Waals surface area contributed by atoms with Crippen LogP contribution in [0.2, 0.25) is 0 Å². The van der Waals surface area contributed by atoms with Crippen molar-refractivity contribution < 1.29 is 9.53 Å². The van der Waals surface area contributed by atoms with E-state index in [0.29, 0.717) is 6.42 Å². The molecule has 1 aromatic carbocycles. The first-order chi connectivity index (χ1) is 9.72. The lowest BCUT2D eigenvalue weighted by atomic mass is 10.1. The summed E-state index contributed by atoms with van der Waals surface area (Å²) >= 11 is 1.87. The smallest absolute Gasteiger partial charge is 0.129 e. The molecule has 0 unspecified atom stereocenters. The monoisotopic (exact) mass is 294 g/mol. The summed E-state index contributed by atoms with van der Waals surface area (Å²) in [6.45, 7) is 5.41. The Hall–Kier alpha value is -0.800. The Balaban J connectivity index is 2.02. The van der Waals surface area contributed by atoms with E-state index in [1.165, 1.54) is 10.5 Å². The molecule has 0 aliphatic heterocycles. The summed E-state index contributed by atoms with van der Waals surface area (Å²) in [6.07, 6.45) is 4.82. The van der Waals surface area contributed by atoms with Crippen LogP contribution in [0.25, 0.3) is 0 Å². The summed E-state index contributed by atoms with van der Waals surface area (Å²) in [6, 6.07) is 8.75. The molecule has 0 bridgehead atoms. The van der Waals surface area contributed by atoms with Crippen LogP contribution in [0.4, 0.5) is 0 Å². The second kappa shape index (κ2) is 10.9. The summed E-state index contributed by atoms with van der Waals surface area (Å²) in [7, 11) is 0. The van der Waals surface area contributed by atoms with Gasteiger partial charge in [0.2, 0.25) is 0 Å². The first kappa shape index (κ1) is 17.3. The van der Waals surface area contributed by atoms with Crippen molar-refractivity contribution >= 4 is 17.5 Å². The number of hydrogen-bond acceptors (Lipinski definition) is 3. The number of rotatable bonds is 11. The average Bonchev–Trinajstić information content (AvgIpc) is 2.43. The fourth-order valence-electron chi connectivity index (χ4n) is 1.97. The van der Waals surface area contributed by atoms with Crippen LogP contribution < -0.4 is 0 Å². The third kappa shape index (κ3) is 8.39. The summed E-state index contributed by atoms with van der Waals surface area (Å²) in [5.41, 5.74) is 1.34. The molecule has 0 saturated heterocycles. The van der Waals surface area contributed by atoms with Crippen molar-refractivity contribution in [2.45, 2.75) is 50.8 Å². The second-order valence-electron chi connectivity index (χ2n) is 4.95. The molecule has 0 spiro atoms. The molecule has 0 saturated carbocycles. The molecule has 1 aromatic rings. The Morgan fingerprint density at radius 1 is 1.10 bits per heavy atom. The Bertz CT molecular complexity index is 373. The minimum absolute atomic E-state index is 0.288. The van der Waals surface area contributed by atoms with Crippen LogP contribution in [-0.4, -0.2) is 24.7 Å². The number of hydrogen-bond donors (Lipinski definition) is 0. The van der Waals surface area contributed by atoms with Gasteiger partial charge in [0.05, 0.1) is 6.61 Å². The Labute approximate surface area is 127 Å². The standard InChI is InChI=1S/C17H26O2S/c1-3-20-17-10-8-16(9-11-17)12-14-19-13-6-4-5-7-15(2)18/h8-11H,3-7,12-14H2,1-2H3. The van der Waals surface area contributed by atoms with Crippen LogP contribution in [0.5, 0.6) is 0 Å². The lowest BCUT2D eigenvalue weighted by molar-refractivity contribution is -0.117. The van der Waals surface area contributed by atoms with E-state index in [0.717, 1.165) is 44.6 Å². The van der Waals surface area contributed by atoms with E-state index in [4.69, 9.17) is 4.74 Å². The molecule has 0 aromatic heterocycles. The van der Waals surface area contributed by atoms with Crippen LogP contribution in [0.15, 0.2) is 29.2 Å². The molecule has 0 aliphatic carbocycles. The maximum absolute atomic E-state index is 10.8. The fraction of sp³-hybridized carbons (Fsp3) is 0.588. The number of carbonyl (C=O) groups excluding carboxylic acids is 1. The third-order valence-corrected chi connectivity index (χ3v) is 3.98. The van der Waals surface area contributed by atoms with Crippen molar-refractivity contribution in [3.63, 3.8) is 0 Å². The van der Waals surface area contributed by atoms with Gasteiger partial charge in [0.1, 0.15) is 5.78 Å². The van der Waals surface area contributed by atoms with Crippen LogP contribution in [0.1, 0.15) is 45.1 Å². The molecule has 20 heavy (non-hydrogen) atoms. The molecule has 1 rings (SSSR count). The van der Waals surface area contributed by atoms with E-state index in [1.807, 2.05) is 11.8 Å². The zero-order chi connectivity index (χ0) is 14.6. The molecule has 0 atom stereocenters. The Kier molecular flexibility index (Phi) is 9.42. The molecule has 0 heterocycles. The summed E-state index contributed by atoms with van der Waals surface area (Å²) in [4.78, 5) is 12.1. The van der Waals surface area contributed by atoms with Gasteiger partial charge in [-0.25, -0.2) is 0 Å². The van der Waals surface area contributed by atoms with E-state index in [-0.39, 0.29) is 5.78 Å². The van der Waals surface area contributed by atoms with Crippen molar-refractivity contribution in [2.75, 3.05) is 19.0 Å². The van der Waals surface area contributed by atoms with Crippen LogP contribution >= 0.6 is 11.8 Å². The predicted molar refractivity (Wildman–Crippen MR) is 86.5 cm³/mol. The second-order valence-corrected chi connectivity index (χ2v) is 6.29. The largest absolute Gasteiger partial charge is 0.381 e. The molecule has 0 fully saturated rings. The van der Waals surface area contributed by atoms with Crippen molar-refractivity contribution in [1.29, 1.82) is 0 Å². The van der Waals surface area contributed by atoms with Gasteiger partial charge in [0.25, 0.3) is 0 Å². The minimum Gasteiger partial charge on any atom is -0.381 e. The highest BCUT2D eigenvalue weighted by atomic mass is 32.2. The zero-order valence-electron chi connectivity index (χ0n) is 12.7. The molecule has 2 nitrogen and oxygen atoms in total. The van der Waals surface area contributed by atoms with Gasteiger partial charge in [-0.2, -0.15) is 0 Å². The first-order valence-electron chi connectivity index (χ1n) is 7.51. The van der Waals surface area contributed by atoms with Crippen molar-refractivity contribution in [3.05, 3.63) is 29.8 Å². The van der Waals surface area contributed by atoms with Crippen molar-refractivity contribution in [3.8, 4) is 0 Å². The van der Waals surface area contributed by atoms with E-state index in [9.17, 15) is 4.79 Å². The highest BCUT2D eigenvalue weighted by molar-refractivity contribution is 7.99. The molecule has 0 aliphatic rings. The molecule has 0 radical (unpaired) electrons. The number of thioether (sulfide) groups is 1. The van der Waals surface area contributed by atoms with Crippen LogP contribution in [0.3, 0.4) is 0 Å². The highest BCUT2D eigenvalue weighted by Gasteiger charge is 1.97. The van der Waals surface area contributed by atoms with E-state index in [2.05, 4.69) is 31.2 Å². The highest BCUT2D eigenvalue weighted by Crippen LogP contribution is 2.17. The van der Waals surface area contributed by atoms with Gasteiger partial charge in [0.15, 0.2) is 0 Å². The average molecular weight is 294 g/mol. The SMILES string of the molecule is CCSc1ccc(CCOCCCCCC(C)=O)cc1. The topological polar surface area (TPSA) is 26.3 Å². The van der Waals surface area contributed by atoms with E-state index < -0.39 is 0 Å². The van der Waals surface area contributed by atoms with Gasteiger partial charge in [-0.3, -0.25) is 0 Å². The molecular weight excluding hydrogens is 268 g/mol. The first-order valence-corrected chi connectivity index (χ1v) is 8.50. The fourth-order valence-corrected chi connectivity index (χ4v) is 2.63. The van der Waals surface area contributed by atoms with Gasteiger partial charge in [-0.1, -0.05) is 25.5 Å². The quantitative estimate of drug-likeness (QED) is 0.444. The number of Topliss-reactive ketones (excluding diaryl/α,β-unsaturated/α-hetero) is 1. The molecular formula is C17H26O2S. The van der Waals surface area contributed by atoms with E-state index in [1.54, 1.807) is 6.92 Å². The lowest BCUT2D eigenvalue weighted by Gasteiger charge is -2.05. The predicted octanol–water partition coefficient (Wildman–Crippen LogP) is 4.51.